The number of carboxylic acids is 1. The Balaban J connectivity index is 1.63. The van der Waals surface area contributed by atoms with Crippen LogP contribution in [0.2, 0.25) is 5.02 Å². The van der Waals surface area contributed by atoms with Crippen LogP contribution in [0.15, 0.2) is 78.9 Å². The number of fused-ring (bicyclic) bond motifs is 1. The number of anilines is 2. The van der Waals surface area contributed by atoms with E-state index in [1.165, 1.54) is 11.1 Å². The molecule has 7 nitrogen and oxygen atoms in total. The Morgan fingerprint density at radius 2 is 1.50 bits per heavy atom. The number of benzene rings is 3. The van der Waals surface area contributed by atoms with Crippen molar-refractivity contribution in [3.63, 3.8) is 0 Å². The molecule has 5 rings (SSSR count). The van der Waals surface area contributed by atoms with E-state index in [4.69, 9.17) is 16.4 Å². The molecule has 32 heavy (non-hydrogen) atoms. The van der Waals surface area contributed by atoms with E-state index in [1.807, 2.05) is 6.07 Å². The smallest absolute Gasteiger partial charge is 0.336 e. The van der Waals surface area contributed by atoms with Crippen molar-refractivity contribution in [2.75, 3.05) is 9.96 Å². The lowest BCUT2D eigenvalue weighted by Crippen LogP contribution is -2.37. The summed E-state index contributed by atoms with van der Waals surface area (Å²) >= 11 is 5.95. The number of amides is 2. The Kier molecular flexibility index (Phi) is 4.92. The zero-order valence-electron chi connectivity index (χ0n) is 16.6. The molecule has 1 N–H and O–H groups in total. The monoisotopic (exact) mass is 448 g/mol. The Morgan fingerprint density at radius 1 is 0.844 bits per heavy atom. The molecule has 0 bridgehead atoms. The molecule has 8 heteroatoms. The van der Waals surface area contributed by atoms with Gasteiger partial charge in [0.25, 0.3) is 5.91 Å². The van der Waals surface area contributed by atoms with Crippen molar-refractivity contribution in [1.82, 2.24) is 0 Å². The molecule has 3 atom stereocenters. The van der Waals surface area contributed by atoms with Crippen molar-refractivity contribution in [2.24, 2.45) is 5.92 Å². The van der Waals surface area contributed by atoms with Gasteiger partial charge in [0, 0.05) is 5.02 Å². The number of carboxylic acid groups (broad SMARTS) is 1. The van der Waals surface area contributed by atoms with E-state index in [2.05, 4.69) is 0 Å². The van der Waals surface area contributed by atoms with E-state index < -0.39 is 35.8 Å². The van der Waals surface area contributed by atoms with Crippen LogP contribution in [-0.2, 0) is 14.4 Å². The summed E-state index contributed by atoms with van der Waals surface area (Å²) in [5, 5.41) is 11.7. The van der Waals surface area contributed by atoms with Gasteiger partial charge in [0.2, 0.25) is 5.91 Å². The maximum absolute atomic E-state index is 13.5. The van der Waals surface area contributed by atoms with Gasteiger partial charge in [-0.15, -0.1) is 0 Å². The van der Waals surface area contributed by atoms with Crippen molar-refractivity contribution in [3.05, 3.63) is 95.0 Å². The van der Waals surface area contributed by atoms with Crippen LogP contribution in [0.5, 0.6) is 0 Å². The Labute approximate surface area is 188 Å². The first kappa shape index (κ1) is 20.2. The SMILES string of the molecule is O=C(O)c1ccccc1[C@H]1[C@@H]2C(=O)N(c3ccc(Cl)cc3)C(=O)[C@H]2ON1c1ccccc1. The Bertz CT molecular complexity index is 1210. The highest BCUT2D eigenvalue weighted by atomic mass is 35.5. The lowest BCUT2D eigenvalue weighted by Gasteiger charge is -2.29. The molecule has 160 valence electrons. The first-order chi connectivity index (χ1) is 15.5. The number of halogens is 1. The molecule has 0 aromatic heterocycles. The van der Waals surface area contributed by atoms with Gasteiger partial charge in [-0.1, -0.05) is 48.0 Å². The highest BCUT2D eigenvalue weighted by molar-refractivity contribution is 6.31. The summed E-state index contributed by atoms with van der Waals surface area (Å²) in [5.74, 6) is -2.99. The summed E-state index contributed by atoms with van der Waals surface area (Å²) in [7, 11) is 0. The minimum atomic E-state index is -1.12. The average Bonchev–Trinajstić information content (AvgIpc) is 3.31. The quantitative estimate of drug-likeness (QED) is 0.605. The van der Waals surface area contributed by atoms with Crippen LogP contribution in [0.25, 0.3) is 0 Å². The predicted octanol–water partition coefficient (Wildman–Crippen LogP) is 4.09. The van der Waals surface area contributed by atoms with Crippen LogP contribution < -0.4 is 9.96 Å². The Morgan fingerprint density at radius 3 is 2.19 bits per heavy atom. The van der Waals surface area contributed by atoms with Gasteiger partial charge in [0.1, 0.15) is 5.92 Å². The summed E-state index contributed by atoms with van der Waals surface area (Å²) < 4.78 is 0. The van der Waals surface area contributed by atoms with Gasteiger partial charge in [-0.25, -0.2) is 14.8 Å². The second-order valence-corrected chi connectivity index (χ2v) is 7.98. The van der Waals surface area contributed by atoms with Gasteiger partial charge in [-0.3, -0.25) is 14.4 Å². The fraction of sp³-hybridized carbons (Fsp3) is 0.125. The number of hydrogen-bond acceptors (Lipinski definition) is 5. The van der Waals surface area contributed by atoms with Gasteiger partial charge in [-0.05, 0) is 48.0 Å². The number of para-hydroxylation sites is 1. The summed E-state index contributed by atoms with van der Waals surface area (Å²) in [4.78, 5) is 45.9. The predicted molar refractivity (Wildman–Crippen MR) is 117 cm³/mol. The molecule has 2 aliphatic heterocycles. The van der Waals surface area contributed by atoms with Crippen LogP contribution in [0.3, 0.4) is 0 Å². The van der Waals surface area contributed by atoms with Crippen molar-refractivity contribution in [2.45, 2.75) is 12.1 Å². The molecule has 0 saturated carbocycles. The zero-order chi connectivity index (χ0) is 22.4. The molecule has 2 amide bonds. The fourth-order valence-electron chi connectivity index (χ4n) is 4.32. The third-order valence-corrected chi connectivity index (χ3v) is 5.97. The van der Waals surface area contributed by atoms with Gasteiger partial charge in [0.05, 0.1) is 23.0 Å². The van der Waals surface area contributed by atoms with E-state index in [0.717, 1.165) is 4.90 Å². The van der Waals surface area contributed by atoms with E-state index in [9.17, 15) is 19.5 Å². The maximum atomic E-state index is 13.5. The van der Waals surface area contributed by atoms with Crippen LogP contribution in [0, 0.1) is 5.92 Å². The second-order valence-electron chi connectivity index (χ2n) is 7.54. The van der Waals surface area contributed by atoms with Crippen molar-refractivity contribution in [1.29, 1.82) is 0 Å². The number of carbonyl (C=O) groups excluding carboxylic acids is 2. The first-order valence-corrected chi connectivity index (χ1v) is 10.3. The van der Waals surface area contributed by atoms with Crippen molar-refractivity contribution >= 4 is 40.8 Å². The number of aromatic carboxylic acids is 1. The highest BCUT2D eigenvalue weighted by Crippen LogP contribution is 2.48. The summed E-state index contributed by atoms with van der Waals surface area (Å²) in [6.45, 7) is 0. The summed E-state index contributed by atoms with van der Waals surface area (Å²) in [5.41, 5.74) is 1.45. The number of rotatable bonds is 4. The molecule has 3 aromatic carbocycles. The molecule has 2 saturated heterocycles. The third kappa shape index (κ3) is 3.14. The number of imide groups is 1. The molecule has 0 aliphatic carbocycles. The van der Waals surface area contributed by atoms with E-state index in [-0.39, 0.29) is 5.56 Å². The van der Waals surface area contributed by atoms with Crippen molar-refractivity contribution < 1.29 is 24.3 Å². The normalized spacial score (nSPS) is 22.3. The molecular weight excluding hydrogens is 432 g/mol. The minimum Gasteiger partial charge on any atom is -0.478 e. The topological polar surface area (TPSA) is 87.2 Å². The standard InChI is InChI=1S/C24H17ClN2O5/c25-14-10-12-15(13-11-14)26-22(28)19-20(17-8-4-5-9-18(17)24(30)31)27(32-21(19)23(26)29)16-6-2-1-3-7-16/h1-13,19-21H,(H,30,31)/t19-,20-,21-/m0/s1. The Hall–Kier alpha value is -3.68. The fourth-order valence-corrected chi connectivity index (χ4v) is 4.45. The molecule has 0 radical (unpaired) electrons. The molecule has 3 aromatic rings. The van der Waals surface area contributed by atoms with Gasteiger partial charge in [-0.2, -0.15) is 0 Å². The lowest BCUT2D eigenvalue weighted by atomic mass is 9.88. The van der Waals surface area contributed by atoms with Crippen molar-refractivity contribution in [3.8, 4) is 0 Å². The van der Waals surface area contributed by atoms with E-state index in [0.29, 0.717) is 22.0 Å². The number of hydrogen-bond donors (Lipinski definition) is 1. The molecule has 0 spiro atoms. The van der Waals surface area contributed by atoms with Gasteiger partial charge < -0.3 is 5.11 Å². The second kappa shape index (κ2) is 7.78. The molecular formula is C24H17ClN2O5. The minimum absolute atomic E-state index is 0.0490. The van der Waals surface area contributed by atoms with Gasteiger partial charge in [0.15, 0.2) is 6.10 Å². The van der Waals surface area contributed by atoms with Crippen LogP contribution in [-0.4, -0.2) is 29.0 Å². The molecule has 0 unspecified atom stereocenters. The number of carbonyl (C=O) groups is 3. The number of hydroxylamine groups is 1. The molecule has 2 fully saturated rings. The van der Waals surface area contributed by atoms with Crippen LogP contribution in [0.1, 0.15) is 22.0 Å². The zero-order valence-corrected chi connectivity index (χ0v) is 17.3. The first-order valence-electron chi connectivity index (χ1n) is 9.94. The largest absolute Gasteiger partial charge is 0.478 e. The molecule has 2 aliphatic rings. The summed E-state index contributed by atoms with van der Waals surface area (Å²) in [6.07, 6.45) is -1.08. The number of nitrogens with zero attached hydrogens (tertiary/aromatic N) is 2. The van der Waals surface area contributed by atoms with E-state index in [1.54, 1.807) is 66.7 Å². The lowest BCUT2D eigenvalue weighted by molar-refractivity contribution is -0.126. The average molecular weight is 449 g/mol. The van der Waals surface area contributed by atoms with Crippen LogP contribution in [0.4, 0.5) is 11.4 Å². The van der Waals surface area contributed by atoms with Crippen LogP contribution >= 0.6 is 11.6 Å². The summed E-state index contributed by atoms with van der Waals surface area (Å²) in [6, 6.07) is 21.0. The van der Waals surface area contributed by atoms with E-state index >= 15 is 0 Å². The maximum Gasteiger partial charge on any atom is 0.336 e. The highest BCUT2D eigenvalue weighted by Gasteiger charge is 2.60. The third-order valence-electron chi connectivity index (χ3n) is 5.72. The van der Waals surface area contributed by atoms with Gasteiger partial charge >= 0.3 is 5.97 Å². The molecule has 2 heterocycles.